The van der Waals surface area contributed by atoms with Crippen LogP contribution in [-0.4, -0.2) is 103 Å². The number of non-ortho nitro benzene ring substituents is 1. The standard InChI is InChI=1S/C26H33N7O6.C26H35N7O4.CH4O/c1-15-10-11-18(33(36)37)13-19(15)28-22-27-14-16(2)21(29-22)31(23(34)38-25(4,5)6)20-12-17(3)32(30-20)24(35)39-26(7,8)9;1-15-10-11-18(27)13-19(15)29-22-28-14-16(2)21(30-22)32(23(34)36-25(4,5)6)20-12-17(3)33(31-20)24(35)37-26(7,8)9;1-2/h10-14H,1-9H3,(H,27,28,29);10-14H,27H2,1-9H3,(H,28,29,30);2H,1H3. The summed E-state index contributed by atoms with van der Waals surface area (Å²) in [6.07, 6.45) is 0.204. The fourth-order valence-corrected chi connectivity index (χ4v) is 6.62. The highest BCUT2D eigenvalue weighted by molar-refractivity contribution is 5.96. The predicted octanol–water partition coefficient (Wildman–Crippen LogP) is 11.5. The summed E-state index contributed by atoms with van der Waals surface area (Å²) in [5.74, 6) is 0.917. The molecule has 0 aliphatic heterocycles. The van der Waals surface area contributed by atoms with Gasteiger partial charge < -0.3 is 40.4 Å². The molecule has 25 heteroatoms. The first kappa shape index (κ1) is 61.8. The lowest BCUT2D eigenvalue weighted by Crippen LogP contribution is -2.35. The number of hydrogen-bond donors (Lipinski definition) is 4. The van der Waals surface area contributed by atoms with Crippen LogP contribution in [0.15, 0.2) is 60.9 Å². The van der Waals surface area contributed by atoms with Crippen LogP contribution in [0.1, 0.15) is 117 Å². The number of aromatic nitrogens is 8. The summed E-state index contributed by atoms with van der Waals surface area (Å²) in [6, 6.07) is 13.0. The fourth-order valence-electron chi connectivity index (χ4n) is 6.62. The van der Waals surface area contributed by atoms with Gasteiger partial charge in [-0.05, 0) is 148 Å². The molecule has 0 bridgehead atoms. The largest absolute Gasteiger partial charge is 0.443 e. The van der Waals surface area contributed by atoms with Crippen molar-refractivity contribution in [3.63, 3.8) is 0 Å². The molecule has 0 aliphatic carbocycles. The molecule has 25 nitrogen and oxygen atoms in total. The molecular formula is C53H72N14O11. The number of nitrogen functional groups attached to an aromatic ring is 1. The minimum absolute atomic E-state index is 0.0758. The van der Waals surface area contributed by atoms with Crippen molar-refractivity contribution < 1.29 is 48.2 Å². The molecule has 0 unspecified atom stereocenters. The normalized spacial score (nSPS) is 11.4. The van der Waals surface area contributed by atoms with Crippen molar-refractivity contribution in [2.75, 3.05) is 33.3 Å². The van der Waals surface area contributed by atoms with Gasteiger partial charge in [-0.25, -0.2) is 38.9 Å². The minimum Gasteiger partial charge on any atom is -0.443 e. The first-order valence-electron chi connectivity index (χ1n) is 24.4. The Labute approximate surface area is 453 Å². The third-order valence-corrected chi connectivity index (χ3v) is 9.99. The molecule has 0 saturated heterocycles. The van der Waals surface area contributed by atoms with E-state index in [2.05, 4.69) is 40.8 Å². The topological polar surface area (TPSA) is 312 Å². The molecule has 0 saturated carbocycles. The summed E-state index contributed by atoms with van der Waals surface area (Å²) in [7, 11) is 1.00. The van der Waals surface area contributed by atoms with Crippen molar-refractivity contribution in [1.29, 1.82) is 0 Å². The van der Waals surface area contributed by atoms with Crippen molar-refractivity contribution in [1.82, 2.24) is 39.5 Å². The number of anilines is 9. The second kappa shape index (κ2) is 24.5. The summed E-state index contributed by atoms with van der Waals surface area (Å²) in [4.78, 5) is 83.3. The number of nitro benzene ring substituents is 1. The zero-order chi connectivity index (χ0) is 59.0. The third-order valence-electron chi connectivity index (χ3n) is 9.99. The number of nitro groups is 1. The van der Waals surface area contributed by atoms with Crippen LogP contribution in [0.4, 0.5) is 77.1 Å². The van der Waals surface area contributed by atoms with E-state index in [-0.39, 0.29) is 40.9 Å². The molecule has 6 rings (SSSR count). The van der Waals surface area contributed by atoms with Crippen LogP contribution in [0, 0.1) is 51.7 Å². The van der Waals surface area contributed by atoms with Gasteiger partial charge in [-0.1, -0.05) is 12.1 Å². The molecule has 78 heavy (non-hydrogen) atoms. The van der Waals surface area contributed by atoms with Crippen LogP contribution >= 0.6 is 0 Å². The Morgan fingerprint density at radius 1 is 0.564 bits per heavy atom. The highest BCUT2D eigenvalue weighted by Gasteiger charge is 2.33. The Kier molecular flexibility index (Phi) is 19.4. The van der Waals surface area contributed by atoms with Gasteiger partial charge in [0.05, 0.1) is 22.0 Å². The number of hydrogen-bond acceptors (Lipinski definition) is 20. The smallest absolute Gasteiger partial charge is 0.435 e. The van der Waals surface area contributed by atoms with Gasteiger partial charge >= 0.3 is 24.4 Å². The molecule has 5 N–H and O–H groups in total. The number of nitrogens with zero attached hydrogens (tertiary/aromatic N) is 11. The number of aliphatic hydroxyl groups excluding tert-OH is 1. The maximum absolute atomic E-state index is 13.5. The average molecular weight is 1080 g/mol. The summed E-state index contributed by atoms with van der Waals surface area (Å²) in [5.41, 5.74) is 8.10. The quantitative estimate of drug-likeness (QED) is 0.0452. The summed E-state index contributed by atoms with van der Waals surface area (Å²) in [6.45, 7) is 31.4. The molecule has 2 aromatic carbocycles. The summed E-state index contributed by atoms with van der Waals surface area (Å²) in [5, 5.41) is 33.1. The summed E-state index contributed by atoms with van der Waals surface area (Å²) >= 11 is 0. The first-order valence-corrected chi connectivity index (χ1v) is 24.4. The molecule has 4 aromatic heterocycles. The highest BCUT2D eigenvalue weighted by atomic mass is 16.6. The van der Waals surface area contributed by atoms with E-state index in [0.29, 0.717) is 33.9 Å². The van der Waals surface area contributed by atoms with Crippen molar-refractivity contribution in [3.05, 3.63) is 105 Å². The lowest BCUT2D eigenvalue weighted by atomic mass is 10.2. The SMILES string of the molecule is CO.Cc1ccc(N)cc1Nc1ncc(C)c(N(C(=O)OC(C)(C)C)c2cc(C)n(C(=O)OC(C)(C)C)n2)n1.Cc1ccc([N+](=O)[O-])cc1Nc1ncc(C)c(N(C(=O)OC(C)(C)C)c2cc(C)n(C(=O)OC(C)(C)C)n2)n1. The van der Waals surface area contributed by atoms with Gasteiger partial charge in [-0.15, -0.1) is 10.2 Å². The highest BCUT2D eigenvalue weighted by Crippen LogP contribution is 2.33. The van der Waals surface area contributed by atoms with Crippen molar-refractivity contribution in [3.8, 4) is 0 Å². The van der Waals surface area contributed by atoms with E-state index >= 15 is 0 Å². The fraction of sp³-hybridized carbons (Fsp3) is 0.434. The zero-order valence-electron chi connectivity index (χ0n) is 47.8. The molecule has 0 radical (unpaired) electrons. The Morgan fingerprint density at radius 2 is 0.923 bits per heavy atom. The Morgan fingerprint density at radius 3 is 1.28 bits per heavy atom. The zero-order valence-corrected chi connectivity index (χ0v) is 47.8. The minimum atomic E-state index is -0.847. The van der Waals surface area contributed by atoms with Crippen molar-refractivity contribution in [2.45, 2.75) is 147 Å². The average Bonchev–Trinajstić information content (AvgIpc) is 3.88. The molecule has 0 aliphatic rings. The molecule has 6 aromatic rings. The number of ether oxygens (including phenoxy) is 4. The number of aryl methyl sites for hydroxylation is 6. The van der Waals surface area contributed by atoms with E-state index in [4.69, 9.17) is 29.8 Å². The van der Waals surface area contributed by atoms with E-state index in [0.717, 1.165) is 38.2 Å². The lowest BCUT2D eigenvalue weighted by molar-refractivity contribution is -0.384. The second-order valence-corrected chi connectivity index (χ2v) is 21.7. The number of benzene rings is 2. The van der Waals surface area contributed by atoms with Gasteiger partial charge in [0.25, 0.3) is 5.69 Å². The number of nitrogens with two attached hydrogens (primary N) is 1. The van der Waals surface area contributed by atoms with Gasteiger partial charge in [0.1, 0.15) is 22.4 Å². The van der Waals surface area contributed by atoms with Crippen molar-refractivity contribution in [2.24, 2.45) is 0 Å². The van der Waals surface area contributed by atoms with Gasteiger partial charge in [-0.2, -0.15) is 19.3 Å². The number of carbonyl (C=O) groups excluding carboxylic acids is 4. The van der Waals surface area contributed by atoms with Crippen LogP contribution in [-0.2, 0) is 18.9 Å². The van der Waals surface area contributed by atoms with Gasteiger partial charge in [0.15, 0.2) is 23.3 Å². The number of aliphatic hydroxyl groups is 1. The molecule has 4 heterocycles. The number of amides is 2. The van der Waals surface area contributed by atoms with Crippen LogP contribution in [0.5, 0.6) is 0 Å². The van der Waals surface area contributed by atoms with Gasteiger partial charge in [-0.3, -0.25) is 10.1 Å². The molecule has 0 fully saturated rings. The van der Waals surface area contributed by atoms with Gasteiger partial charge in [0, 0.05) is 66.3 Å². The van der Waals surface area contributed by atoms with E-state index in [1.54, 1.807) is 148 Å². The van der Waals surface area contributed by atoms with Crippen LogP contribution < -0.4 is 26.2 Å². The Hall–Kier alpha value is -8.74. The van der Waals surface area contributed by atoms with Crippen molar-refractivity contribution >= 4 is 82.3 Å². The molecular weight excluding hydrogens is 1010 g/mol. The van der Waals surface area contributed by atoms with E-state index in [9.17, 15) is 29.3 Å². The molecule has 2 amide bonds. The predicted molar refractivity (Wildman–Crippen MR) is 296 cm³/mol. The lowest BCUT2D eigenvalue weighted by Gasteiger charge is -2.26. The number of rotatable bonds is 9. The molecule has 420 valence electrons. The Balaban J connectivity index is 0.000000327. The first-order chi connectivity index (χ1) is 36.0. The maximum Gasteiger partial charge on any atom is 0.435 e. The van der Waals surface area contributed by atoms with Crippen LogP contribution in [0.3, 0.4) is 0 Å². The van der Waals surface area contributed by atoms with E-state index < -0.39 is 51.7 Å². The molecule has 0 atom stereocenters. The van der Waals surface area contributed by atoms with Gasteiger partial charge in [0.2, 0.25) is 11.9 Å². The second-order valence-electron chi connectivity index (χ2n) is 21.7. The molecule has 0 spiro atoms. The maximum atomic E-state index is 13.5. The summed E-state index contributed by atoms with van der Waals surface area (Å²) < 4.78 is 24.4. The van der Waals surface area contributed by atoms with Crippen LogP contribution in [0.2, 0.25) is 0 Å². The van der Waals surface area contributed by atoms with E-state index in [1.165, 1.54) is 29.3 Å². The van der Waals surface area contributed by atoms with E-state index in [1.807, 2.05) is 13.0 Å². The Bertz CT molecular complexity index is 3160. The third kappa shape index (κ3) is 17.1. The van der Waals surface area contributed by atoms with Crippen LogP contribution in [0.25, 0.3) is 0 Å². The monoisotopic (exact) mass is 1080 g/mol. The number of carbonyl (C=O) groups is 4. The number of nitrogens with one attached hydrogen (secondary N) is 2.